The van der Waals surface area contributed by atoms with E-state index in [2.05, 4.69) is 0 Å². The second-order valence-electron chi connectivity index (χ2n) is 4.24. The molecule has 1 amide bonds. The summed E-state index contributed by atoms with van der Waals surface area (Å²) in [7, 11) is 1.59. The smallest absolute Gasteiger partial charge is 0.305 e. The van der Waals surface area contributed by atoms with Crippen LogP contribution in [0, 0.1) is 0 Å². The first-order chi connectivity index (χ1) is 9.04. The van der Waals surface area contributed by atoms with Gasteiger partial charge in [-0.1, -0.05) is 6.92 Å². The third-order valence-corrected chi connectivity index (χ3v) is 2.58. The Bertz CT molecular complexity index is 428. The average Bonchev–Trinajstić information content (AvgIpc) is 2.42. The highest BCUT2D eigenvalue weighted by atomic mass is 16.5. The molecule has 0 aliphatic heterocycles. The largest absolute Gasteiger partial charge is 0.494 e. The van der Waals surface area contributed by atoms with Crippen LogP contribution in [0.5, 0.6) is 5.75 Å². The number of hydrogen-bond donors (Lipinski definition) is 1. The summed E-state index contributed by atoms with van der Waals surface area (Å²) in [5.41, 5.74) is 0.525. The van der Waals surface area contributed by atoms with Gasteiger partial charge in [-0.3, -0.25) is 9.59 Å². The van der Waals surface area contributed by atoms with E-state index in [1.807, 2.05) is 6.92 Å². The van der Waals surface area contributed by atoms with Gasteiger partial charge in [0, 0.05) is 19.2 Å². The standard InChI is InChI=1S/C14H19NO4/c1-3-10-19-12-6-4-11(5-7-12)14(18)15(2)9-8-13(16)17/h4-7H,3,8-10H2,1-2H3,(H,16,17). The van der Waals surface area contributed by atoms with Crippen LogP contribution in [0.2, 0.25) is 0 Å². The molecule has 0 unspecified atom stereocenters. The predicted octanol–water partition coefficient (Wildman–Crippen LogP) is 2.02. The van der Waals surface area contributed by atoms with E-state index < -0.39 is 5.97 Å². The van der Waals surface area contributed by atoms with E-state index in [-0.39, 0.29) is 18.9 Å². The Hall–Kier alpha value is -2.04. The fourth-order valence-corrected chi connectivity index (χ4v) is 1.50. The molecule has 0 spiro atoms. The van der Waals surface area contributed by atoms with Crippen molar-refractivity contribution < 1.29 is 19.4 Å². The second-order valence-corrected chi connectivity index (χ2v) is 4.24. The zero-order valence-corrected chi connectivity index (χ0v) is 11.3. The monoisotopic (exact) mass is 265 g/mol. The predicted molar refractivity (Wildman–Crippen MR) is 71.4 cm³/mol. The lowest BCUT2D eigenvalue weighted by molar-refractivity contribution is -0.137. The molecular weight excluding hydrogens is 246 g/mol. The summed E-state index contributed by atoms with van der Waals surface area (Å²) < 4.78 is 5.43. The minimum atomic E-state index is -0.914. The van der Waals surface area contributed by atoms with Crippen LogP contribution >= 0.6 is 0 Å². The van der Waals surface area contributed by atoms with Gasteiger partial charge in [0.15, 0.2) is 0 Å². The molecule has 1 N–H and O–H groups in total. The van der Waals surface area contributed by atoms with Crippen LogP contribution < -0.4 is 4.74 Å². The number of aliphatic carboxylic acids is 1. The minimum Gasteiger partial charge on any atom is -0.494 e. The Balaban J connectivity index is 2.59. The Morgan fingerprint density at radius 1 is 1.26 bits per heavy atom. The van der Waals surface area contributed by atoms with Gasteiger partial charge in [0.2, 0.25) is 0 Å². The van der Waals surface area contributed by atoms with Crippen molar-refractivity contribution in [1.29, 1.82) is 0 Å². The molecule has 5 nitrogen and oxygen atoms in total. The number of carboxylic acids is 1. The van der Waals surface area contributed by atoms with Crippen molar-refractivity contribution in [1.82, 2.24) is 4.90 Å². The molecule has 19 heavy (non-hydrogen) atoms. The molecule has 0 saturated carbocycles. The van der Waals surface area contributed by atoms with Crippen molar-refractivity contribution in [2.45, 2.75) is 19.8 Å². The fourth-order valence-electron chi connectivity index (χ4n) is 1.50. The van der Waals surface area contributed by atoms with Gasteiger partial charge < -0.3 is 14.7 Å². The number of ether oxygens (including phenoxy) is 1. The zero-order valence-electron chi connectivity index (χ0n) is 11.3. The van der Waals surface area contributed by atoms with E-state index in [4.69, 9.17) is 9.84 Å². The highest BCUT2D eigenvalue weighted by Gasteiger charge is 2.12. The molecule has 0 saturated heterocycles. The molecule has 1 aromatic carbocycles. The van der Waals surface area contributed by atoms with Crippen LogP contribution in [0.4, 0.5) is 0 Å². The molecule has 1 aromatic rings. The summed E-state index contributed by atoms with van der Waals surface area (Å²) in [5.74, 6) is -0.377. The molecular formula is C14H19NO4. The lowest BCUT2D eigenvalue weighted by Crippen LogP contribution is -2.28. The molecule has 0 heterocycles. The van der Waals surface area contributed by atoms with E-state index in [9.17, 15) is 9.59 Å². The first-order valence-electron chi connectivity index (χ1n) is 6.24. The quantitative estimate of drug-likeness (QED) is 0.819. The maximum absolute atomic E-state index is 12.0. The molecule has 0 bridgehead atoms. The maximum atomic E-state index is 12.0. The number of amides is 1. The summed E-state index contributed by atoms with van der Waals surface area (Å²) in [6.07, 6.45) is 0.874. The number of hydrogen-bond acceptors (Lipinski definition) is 3. The molecule has 104 valence electrons. The third kappa shape index (κ3) is 4.99. The number of benzene rings is 1. The normalized spacial score (nSPS) is 10.0. The highest BCUT2D eigenvalue weighted by Crippen LogP contribution is 2.13. The molecule has 0 radical (unpaired) electrons. The second kappa shape index (κ2) is 7.41. The molecule has 0 fully saturated rings. The van der Waals surface area contributed by atoms with Gasteiger partial charge in [0.05, 0.1) is 13.0 Å². The summed E-state index contributed by atoms with van der Waals surface area (Å²) in [6.45, 7) is 2.86. The van der Waals surface area contributed by atoms with Crippen LogP contribution in [0.15, 0.2) is 24.3 Å². The van der Waals surface area contributed by atoms with E-state index in [1.54, 1.807) is 31.3 Å². The summed E-state index contributed by atoms with van der Waals surface area (Å²) in [5, 5.41) is 8.58. The van der Waals surface area contributed by atoms with Crippen molar-refractivity contribution in [2.75, 3.05) is 20.2 Å². The van der Waals surface area contributed by atoms with Crippen molar-refractivity contribution in [3.8, 4) is 5.75 Å². The van der Waals surface area contributed by atoms with Gasteiger partial charge >= 0.3 is 5.97 Å². The Morgan fingerprint density at radius 3 is 2.42 bits per heavy atom. The van der Waals surface area contributed by atoms with Crippen LogP contribution in [-0.2, 0) is 4.79 Å². The Morgan fingerprint density at radius 2 is 1.89 bits per heavy atom. The SMILES string of the molecule is CCCOc1ccc(C(=O)N(C)CCC(=O)O)cc1. The van der Waals surface area contributed by atoms with Crippen molar-refractivity contribution >= 4 is 11.9 Å². The Labute approximate surface area is 112 Å². The maximum Gasteiger partial charge on any atom is 0.305 e. The number of nitrogens with zero attached hydrogens (tertiary/aromatic N) is 1. The molecule has 0 aromatic heterocycles. The lowest BCUT2D eigenvalue weighted by Gasteiger charge is -2.16. The molecule has 0 aliphatic rings. The van der Waals surface area contributed by atoms with E-state index in [0.717, 1.165) is 12.2 Å². The average molecular weight is 265 g/mol. The van der Waals surface area contributed by atoms with Crippen molar-refractivity contribution in [2.24, 2.45) is 0 Å². The molecule has 1 rings (SSSR count). The lowest BCUT2D eigenvalue weighted by atomic mass is 10.2. The van der Waals surface area contributed by atoms with Gasteiger partial charge in [-0.15, -0.1) is 0 Å². The molecule has 5 heteroatoms. The highest BCUT2D eigenvalue weighted by molar-refractivity contribution is 5.94. The number of carbonyl (C=O) groups is 2. The number of carbonyl (C=O) groups excluding carboxylic acids is 1. The topological polar surface area (TPSA) is 66.8 Å². The third-order valence-electron chi connectivity index (χ3n) is 2.58. The number of carboxylic acid groups (broad SMARTS) is 1. The van der Waals surface area contributed by atoms with Crippen LogP contribution in [0.1, 0.15) is 30.1 Å². The fraction of sp³-hybridized carbons (Fsp3) is 0.429. The first-order valence-corrected chi connectivity index (χ1v) is 6.24. The van der Waals surface area contributed by atoms with E-state index in [1.165, 1.54) is 4.90 Å². The van der Waals surface area contributed by atoms with E-state index in [0.29, 0.717) is 12.2 Å². The zero-order chi connectivity index (χ0) is 14.3. The summed E-state index contributed by atoms with van der Waals surface area (Å²) in [6, 6.07) is 6.86. The van der Waals surface area contributed by atoms with Gasteiger partial charge in [-0.25, -0.2) is 0 Å². The summed E-state index contributed by atoms with van der Waals surface area (Å²) in [4.78, 5) is 23.8. The van der Waals surface area contributed by atoms with Crippen molar-refractivity contribution in [3.05, 3.63) is 29.8 Å². The first kappa shape index (κ1) is 15.0. The number of rotatable bonds is 7. The van der Waals surface area contributed by atoms with Crippen LogP contribution in [0.25, 0.3) is 0 Å². The van der Waals surface area contributed by atoms with Gasteiger partial charge in [-0.05, 0) is 30.7 Å². The van der Waals surface area contributed by atoms with Gasteiger partial charge in [0.25, 0.3) is 5.91 Å². The van der Waals surface area contributed by atoms with Crippen molar-refractivity contribution in [3.63, 3.8) is 0 Å². The minimum absolute atomic E-state index is 0.0556. The Kier molecular flexibility index (Phi) is 5.85. The van der Waals surface area contributed by atoms with Gasteiger partial charge in [0.1, 0.15) is 5.75 Å². The van der Waals surface area contributed by atoms with Crippen LogP contribution in [0.3, 0.4) is 0 Å². The van der Waals surface area contributed by atoms with Gasteiger partial charge in [-0.2, -0.15) is 0 Å². The summed E-state index contributed by atoms with van der Waals surface area (Å²) >= 11 is 0. The molecule has 0 aliphatic carbocycles. The van der Waals surface area contributed by atoms with Crippen LogP contribution in [-0.4, -0.2) is 42.1 Å². The van der Waals surface area contributed by atoms with E-state index >= 15 is 0 Å². The molecule has 0 atom stereocenters.